The third-order valence-corrected chi connectivity index (χ3v) is 5.63. The largest absolute Gasteiger partial charge is 0.444 e. The van der Waals surface area contributed by atoms with E-state index in [9.17, 15) is 9.59 Å². The summed E-state index contributed by atoms with van der Waals surface area (Å²) < 4.78 is 5.65. The second-order valence-electron chi connectivity index (χ2n) is 7.89. The molecule has 7 nitrogen and oxygen atoms in total. The van der Waals surface area contributed by atoms with Gasteiger partial charge in [-0.2, -0.15) is 0 Å². The fourth-order valence-electron chi connectivity index (χ4n) is 4.08. The predicted octanol–water partition coefficient (Wildman–Crippen LogP) is 1.85. The van der Waals surface area contributed by atoms with Crippen LogP contribution in [0.4, 0.5) is 0 Å². The van der Waals surface area contributed by atoms with Crippen molar-refractivity contribution in [2.45, 2.75) is 25.4 Å². The maximum absolute atomic E-state index is 12.8. The Kier molecular flexibility index (Phi) is 5.17. The topological polar surface area (TPSA) is 69.9 Å². The van der Waals surface area contributed by atoms with Crippen molar-refractivity contribution in [2.75, 3.05) is 33.7 Å². The van der Waals surface area contributed by atoms with Crippen molar-refractivity contribution in [3.05, 3.63) is 42.3 Å². The average molecular weight is 382 g/mol. The highest BCUT2D eigenvalue weighted by Gasteiger charge is 2.41. The first-order valence-corrected chi connectivity index (χ1v) is 9.74. The van der Waals surface area contributed by atoms with E-state index >= 15 is 0 Å². The molecular weight excluding hydrogens is 356 g/mol. The van der Waals surface area contributed by atoms with E-state index in [1.807, 2.05) is 30.3 Å². The van der Waals surface area contributed by atoms with Gasteiger partial charge in [0.15, 0.2) is 0 Å². The number of likely N-dealkylation sites (N-methyl/N-ethyl adjacent to an activating group) is 1. The number of fused-ring (bicyclic) bond motifs is 4. The molecule has 3 saturated heterocycles. The Balaban J connectivity index is 1.45. The maximum Gasteiger partial charge on any atom is 0.241 e. The highest BCUT2D eigenvalue weighted by molar-refractivity contribution is 5.86. The Morgan fingerprint density at radius 2 is 2.00 bits per heavy atom. The molecule has 3 aliphatic rings. The van der Waals surface area contributed by atoms with Crippen molar-refractivity contribution in [1.82, 2.24) is 19.7 Å². The predicted molar refractivity (Wildman–Crippen MR) is 104 cm³/mol. The van der Waals surface area contributed by atoms with E-state index in [1.54, 1.807) is 30.2 Å². The van der Waals surface area contributed by atoms with Crippen LogP contribution in [0, 0.1) is 5.92 Å². The highest BCUT2D eigenvalue weighted by atomic mass is 16.3. The number of hydrogen-bond donors (Lipinski definition) is 0. The van der Waals surface area contributed by atoms with E-state index in [-0.39, 0.29) is 30.3 Å². The number of carbonyl (C=O) groups is 2. The van der Waals surface area contributed by atoms with Crippen LogP contribution in [-0.4, -0.2) is 71.3 Å². The SMILES string of the molecule is CN(C)C(=O)CN1C(=O)[C@H]2CC[C@@H]1CN(Cc1coc(-c3ccccc3)n1)C2. The van der Waals surface area contributed by atoms with Crippen LogP contribution >= 0.6 is 0 Å². The Bertz CT molecular complexity index is 848. The first-order valence-electron chi connectivity index (χ1n) is 9.74. The van der Waals surface area contributed by atoms with Gasteiger partial charge in [-0.25, -0.2) is 4.98 Å². The number of aromatic nitrogens is 1. The maximum atomic E-state index is 12.8. The first kappa shape index (κ1) is 18.7. The summed E-state index contributed by atoms with van der Waals surface area (Å²) in [6, 6.07) is 9.90. The smallest absolute Gasteiger partial charge is 0.241 e. The summed E-state index contributed by atoms with van der Waals surface area (Å²) in [5.74, 6) is 0.646. The molecule has 7 heteroatoms. The van der Waals surface area contributed by atoms with Crippen LogP contribution in [0.15, 0.2) is 41.0 Å². The number of nitrogens with zero attached hydrogens (tertiary/aromatic N) is 4. The third kappa shape index (κ3) is 3.80. The zero-order chi connectivity index (χ0) is 19.7. The Hall–Kier alpha value is -2.67. The summed E-state index contributed by atoms with van der Waals surface area (Å²) in [4.78, 5) is 35.2. The minimum absolute atomic E-state index is 0.0311. The number of hydrogen-bond acceptors (Lipinski definition) is 5. The molecule has 5 rings (SSSR count). The molecule has 1 aromatic carbocycles. The van der Waals surface area contributed by atoms with E-state index < -0.39 is 0 Å². The molecule has 0 spiro atoms. The first-order chi connectivity index (χ1) is 13.5. The minimum atomic E-state index is -0.0470. The second kappa shape index (κ2) is 7.75. The molecule has 2 bridgehead atoms. The third-order valence-electron chi connectivity index (χ3n) is 5.63. The highest BCUT2D eigenvalue weighted by Crippen LogP contribution is 2.30. The number of carbonyl (C=O) groups excluding carboxylic acids is 2. The van der Waals surface area contributed by atoms with Crippen molar-refractivity contribution in [3.8, 4) is 11.5 Å². The molecule has 0 radical (unpaired) electrons. The van der Waals surface area contributed by atoms with Crippen molar-refractivity contribution in [3.63, 3.8) is 0 Å². The van der Waals surface area contributed by atoms with Gasteiger partial charge in [0.05, 0.1) is 11.6 Å². The quantitative estimate of drug-likeness (QED) is 0.789. The van der Waals surface area contributed by atoms with Crippen LogP contribution in [-0.2, 0) is 16.1 Å². The number of oxazole rings is 1. The Morgan fingerprint density at radius 1 is 1.21 bits per heavy atom. The zero-order valence-corrected chi connectivity index (χ0v) is 16.4. The van der Waals surface area contributed by atoms with Gasteiger partial charge in [-0.15, -0.1) is 0 Å². The van der Waals surface area contributed by atoms with Gasteiger partial charge in [-0.1, -0.05) is 18.2 Å². The van der Waals surface area contributed by atoms with Gasteiger partial charge >= 0.3 is 0 Å². The van der Waals surface area contributed by atoms with E-state index in [2.05, 4.69) is 9.88 Å². The summed E-state index contributed by atoms with van der Waals surface area (Å²) in [7, 11) is 3.45. The van der Waals surface area contributed by atoms with Crippen LogP contribution in [0.2, 0.25) is 0 Å². The number of amides is 2. The standard InChI is InChI=1S/C21H26N4O3/c1-23(2)19(26)13-25-18-9-8-16(21(25)27)10-24(12-18)11-17-14-28-20(22-17)15-6-4-3-5-7-15/h3-7,14,16,18H,8-13H2,1-2H3/t16-,18+/m0/s1. The second-order valence-corrected chi connectivity index (χ2v) is 7.89. The number of rotatable bonds is 5. The van der Waals surface area contributed by atoms with E-state index in [0.29, 0.717) is 19.0 Å². The lowest BCUT2D eigenvalue weighted by Crippen LogP contribution is -2.51. The van der Waals surface area contributed by atoms with Crippen molar-refractivity contribution < 1.29 is 14.0 Å². The molecule has 3 aliphatic heterocycles. The molecule has 2 amide bonds. The van der Waals surface area contributed by atoms with Gasteiger partial charge in [-0.05, 0) is 25.0 Å². The van der Waals surface area contributed by atoms with E-state index in [0.717, 1.165) is 30.6 Å². The van der Waals surface area contributed by atoms with E-state index in [1.165, 1.54) is 0 Å². The van der Waals surface area contributed by atoms with Gasteiger partial charge in [0.1, 0.15) is 12.8 Å². The molecule has 3 fully saturated rings. The number of benzene rings is 1. The van der Waals surface area contributed by atoms with E-state index in [4.69, 9.17) is 4.42 Å². The lowest BCUT2D eigenvalue weighted by molar-refractivity contribution is -0.145. The van der Waals surface area contributed by atoms with Crippen molar-refractivity contribution in [2.24, 2.45) is 5.92 Å². The van der Waals surface area contributed by atoms with Gasteiger partial charge in [-0.3, -0.25) is 14.5 Å². The van der Waals surface area contributed by atoms with Crippen LogP contribution in [0.3, 0.4) is 0 Å². The van der Waals surface area contributed by atoms with Gasteiger partial charge in [0, 0.05) is 45.3 Å². The lowest BCUT2D eigenvalue weighted by Gasteiger charge is -2.36. The summed E-state index contributed by atoms with van der Waals surface area (Å²) >= 11 is 0. The minimum Gasteiger partial charge on any atom is -0.444 e. The van der Waals surface area contributed by atoms with Gasteiger partial charge in [0.25, 0.3) is 0 Å². The Morgan fingerprint density at radius 3 is 2.75 bits per heavy atom. The molecule has 0 N–H and O–H groups in total. The summed E-state index contributed by atoms with van der Waals surface area (Å²) in [6.45, 7) is 2.28. The normalized spacial score (nSPS) is 22.4. The fraction of sp³-hybridized carbons (Fsp3) is 0.476. The molecule has 28 heavy (non-hydrogen) atoms. The molecular formula is C21H26N4O3. The zero-order valence-electron chi connectivity index (χ0n) is 16.4. The molecule has 0 unspecified atom stereocenters. The molecule has 2 atom stereocenters. The van der Waals surface area contributed by atoms with Crippen LogP contribution in [0.1, 0.15) is 18.5 Å². The molecule has 2 aromatic rings. The summed E-state index contributed by atoms with van der Waals surface area (Å²) in [5.41, 5.74) is 1.82. The van der Waals surface area contributed by atoms with Gasteiger partial charge < -0.3 is 14.2 Å². The van der Waals surface area contributed by atoms with Crippen molar-refractivity contribution >= 4 is 11.8 Å². The molecule has 4 heterocycles. The molecule has 0 saturated carbocycles. The molecule has 0 aliphatic carbocycles. The van der Waals surface area contributed by atoms with Crippen LogP contribution in [0.5, 0.6) is 0 Å². The van der Waals surface area contributed by atoms with Crippen LogP contribution in [0.25, 0.3) is 11.5 Å². The summed E-state index contributed by atoms with van der Waals surface area (Å²) in [6.07, 6.45) is 3.53. The Labute approximate surface area is 164 Å². The van der Waals surface area contributed by atoms with Crippen LogP contribution < -0.4 is 0 Å². The average Bonchev–Trinajstić information content (AvgIpc) is 3.00. The van der Waals surface area contributed by atoms with Gasteiger partial charge in [0.2, 0.25) is 17.7 Å². The number of piperidine rings is 1. The van der Waals surface area contributed by atoms with Crippen molar-refractivity contribution in [1.29, 1.82) is 0 Å². The summed E-state index contributed by atoms with van der Waals surface area (Å²) in [5, 5.41) is 0. The lowest BCUT2D eigenvalue weighted by atomic mass is 9.94. The fourth-order valence-corrected chi connectivity index (χ4v) is 4.08. The molecule has 1 aromatic heterocycles. The monoisotopic (exact) mass is 382 g/mol. The molecule has 148 valence electrons.